The van der Waals surface area contributed by atoms with Crippen LogP contribution in [0, 0.1) is 11.3 Å². The normalized spacial score (nSPS) is 11.1. The predicted molar refractivity (Wildman–Crippen MR) is 58.0 cm³/mol. The molecule has 0 aliphatic carbocycles. The molecule has 1 N–H and O–H groups in total. The number of rotatable bonds is 2. The van der Waals surface area contributed by atoms with E-state index < -0.39 is 29.1 Å². The highest BCUT2D eigenvalue weighted by Gasteiger charge is 2.35. The Morgan fingerprint density at radius 3 is 2.65 bits per heavy atom. The van der Waals surface area contributed by atoms with E-state index in [1.54, 1.807) is 6.07 Å². The maximum absolute atomic E-state index is 13.0. The van der Waals surface area contributed by atoms with Crippen molar-refractivity contribution in [3.05, 3.63) is 41.2 Å². The lowest BCUT2D eigenvalue weighted by Gasteiger charge is -2.13. The number of hydrogen-bond acceptors (Lipinski definition) is 4. The number of carbonyl (C=O) groups is 1. The molecule has 2 rings (SSSR count). The number of nitriles is 1. The quantitative estimate of drug-likeness (QED) is 0.907. The lowest BCUT2D eigenvalue weighted by molar-refractivity contribution is -0.137. The van der Waals surface area contributed by atoms with Crippen LogP contribution in [-0.2, 0) is 6.18 Å². The Hall–Kier alpha value is -2.89. The van der Waals surface area contributed by atoms with E-state index in [2.05, 4.69) is 10.3 Å². The van der Waals surface area contributed by atoms with Gasteiger partial charge in [0.05, 0.1) is 29.1 Å². The molecule has 20 heavy (non-hydrogen) atoms. The van der Waals surface area contributed by atoms with Crippen LogP contribution >= 0.6 is 0 Å². The average molecular weight is 282 g/mol. The summed E-state index contributed by atoms with van der Waals surface area (Å²) >= 11 is 0. The summed E-state index contributed by atoms with van der Waals surface area (Å²) in [5.41, 5.74) is -2.38. The van der Waals surface area contributed by atoms with Gasteiger partial charge in [0.15, 0.2) is 5.69 Å². The zero-order valence-corrected chi connectivity index (χ0v) is 9.59. The van der Waals surface area contributed by atoms with E-state index in [-0.39, 0.29) is 5.56 Å². The van der Waals surface area contributed by atoms with Crippen molar-refractivity contribution >= 4 is 5.97 Å². The van der Waals surface area contributed by atoms with Gasteiger partial charge in [0, 0.05) is 0 Å². The molecule has 0 aliphatic heterocycles. The highest BCUT2D eigenvalue weighted by atomic mass is 19.4. The summed E-state index contributed by atoms with van der Waals surface area (Å²) in [5.74, 6) is -1.47. The molecular formula is C11H5F3N4O2. The van der Waals surface area contributed by atoms with Crippen LogP contribution < -0.4 is 0 Å². The van der Waals surface area contributed by atoms with E-state index in [1.165, 1.54) is 0 Å². The minimum atomic E-state index is -4.76. The van der Waals surface area contributed by atoms with Crippen LogP contribution in [0.15, 0.2) is 24.4 Å². The highest BCUT2D eigenvalue weighted by molar-refractivity contribution is 5.86. The SMILES string of the molecule is N#Cc1ccc(-n2nncc2C(=O)O)c(C(F)(F)F)c1. The van der Waals surface area contributed by atoms with Gasteiger partial charge in [-0.3, -0.25) is 0 Å². The Morgan fingerprint density at radius 1 is 1.40 bits per heavy atom. The largest absolute Gasteiger partial charge is 0.476 e. The fourth-order valence-corrected chi connectivity index (χ4v) is 1.58. The number of nitrogens with zero attached hydrogens (tertiary/aromatic N) is 4. The summed E-state index contributed by atoms with van der Waals surface area (Å²) < 4.78 is 39.5. The molecule has 0 saturated carbocycles. The fourth-order valence-electron chi connectivity index (χ4n) is 1.58. The van der Waals surface area contributed by atoms with Crippen molar-refractivity contribution < 1.29 is 23.1 Å². The summed E-state index contributed by atoms with van der Waals surface area (Å²) in [6, 6.07) is 4.33. The van der Waals surface area contributed by atoms with Crippen LogP contribution in [0.5, 0.6) is 0 Å². The molecule has 1 aromatic carbocycles. The Balaban J connectivity index is 2.72. The second-order valence-electron chi connectivity index (χ2n) is 3.68. The molecule has 0 fully saturated rings. The van der Waals surface area contributed by atoms with E-state index in [4.69, 9.17) is 10.4 Å². The lowest BCUT2D eigenvalue weighted by Crippen LogP contribution is -2.15. The van der Waals surface area contributed by atoms with Crippen molar-refractivity contribution in [3.63, 3.8) is 0 Å². The molecular weight excluding hydrogens is 277 g/mol. The van der Waals surface area contributed by atoms with Gasteiger partial charge in [-0.25, -0.2) is 9.48 Å². The highest BCUT2D eigenvalue weighted by Crippen LogP contribution is 2.34. The van der Waals surface area contributed by atoms with Crippen LogP contribution in [0.1, 0.15) is 21.6 Å². The van der Waals surface area contributed by atoms with Crippen LogP contribution in [-0.4, -0.2) is 26.1 Å². The van der Waals surface area contributed by atoms with Gasteiger partial charge in [-0.05, 0) is 18.2 Å². The van der Waals surface area contributed by atoms with E-state index in [1.807, 2.05) is 0 Å². The van der Waals surface area contributed by atoms with Gasteiger partial charge in [0.2, 0.25) is 0 Å². The van der Waals surface area contributed by atoms with E-state index >= 15 is 0 Å². The third kappa shape index (κ3) is 2.31. The maximum atomic E-state index is 13.0. The first-order chi connectivity index (χ1) is 9.34. The molecule has 1 heterocycles. The Kier molecular flexibility index (Phi) is 3.15. The molecule has 0 saturated heterocycles. The summed E-state index contributed by atoms with van der Waals surface area (Å²) in [7, 11) is 0. The first-order valence-electron chi connectivity index (χ1n) is 5.10. The summed E-state index contributed by atoms with van der Waals surface area (Å²) in [4.78, 5) is 10.9. The van der Waals surface area contributed by atoms with Crippen LogP contribution in [0.2, 0.25) is 0 Å². The number of benzene rings is 1. The molecule has 0 unspecified atom stereocenters. The predicted octanol–water partition coefficient (Wildman–Crippen LogP) is 1.86. The Labute approximate surface area is 109 Å². The number of aromatic carboxylic acids is 1. The number of carboxylic acids is 1. The molecule has 0 radical (unpaired) electrons. The monoisotopic (exact) mass is 282 g/mol. The second-order valence-corrected chi connectivity index (χ2v) is 3.68. The zero-order valence-electron chi connectivity index (χ0n) is 9.59. The number of carboxylic acid groups (broad SMARTS) is 1. The maximum Gasteiger partial charge on any atom is 0.418 e. The third-order valence-electron chi connectivity index (χ3n) is 2.43. The zero-order chi connectivity index (χ0) is 14.9. The molecule has 0 bridgehead atoms. The van der Waals surface area contributed by atoms with Crippen molar-refractivity contribution in [2.75, 3.05) is 0 Å². The third-order valence-corrected chi connectivity index (χ3v) is 2.43. The molecule has 0 aliphatic rings. The molecule has 6 nitrogen and oxygen atoms in total. The molecule has 0 atom stereocenters. The summed E-state index contributed by atoms with van der Waals surface area (Å²) in [6.45, 7) is 0. The van der Waals surface area contributed by atoms with Crippen molar-refractivity contribution in [2.45, 2.75) is 6.18 Å². The van der Waals surface area contributed by atoms with Gasteiger partial charge in [-0.1, -0.05) is 5.21 Å². The number of aromatic nitrogens is 3. The van der Waals surface area contributed by atoms with Gasteiger partial charge in [-0.15, -0.1) is 5.10 Å². The van der Waals surface area contributed by atoms with Gasteiger partial charge < -0.3 is 5.11 Å². The smallest absolute Gasteiger partial charge is 0.418 e. The average Bonchev–Trinajstić information content (AvgIpc) is 2.86. The molecule has 2 aromatic rings. The number of hydrogen-bond donors (Lipinski definition) is 1. The van der Waals surface area contributed by atoms with Gasteiger partial charge in [0.25, 0.3) is 0 Å². The molecule has 0 spiro atoms. The number of halogens is 3. The summed E-state index contributed by atoms with van der Waals surface area (Å²) in [6.07, 6.45) is -3.93. The van der Waals surface area contributed by atoms with Crippen molar-refractivity contribution in [2.24, 2.45) is 0 Å². The van der Waals surface area contributed by atoms with Gasteiger partial charge in [-0.2, -0.15) is 18.4 Å². The minimum absolute atomic E-state index is 0.196. The van der Waals surface area contributed by atoms with Crippen molar-refractivity contribution in [1.82, 2.24) is 15.0 Å². The second kappa shape index (κ2) is 4.65. The first-order valence-corrected chi connectivity index (χ1v) is 5.10. The summed E-state index contributed by atoms with van der Waals surface area (Å²) in [5, 5.41) is 24.1. The fraction of sp³-hybridized carbons (Fsp3) is 0.0909. The molecule has 9 heteroatoms. The van der Waals surface area contributed by atoms with E-state index in [0.29, 0.717) is 10.7 Å². The standard InChI is InChI=1S/C11H5F3N4O2/c12-11(13,14)7-3-6(4-15)1-2-8(7)18-9(10(19)20)5-16-17-18/h1-3,5H,(H,19,20). The van der Waals surface area contributed by atoms with Crippen LogP contribution in [0.4, 0.5) is 13.2 Å². The van der Waals surface area contributed by atoms with E-state index in [9.17, 15) is 18.0 Å². The molecule has 0 amide bonds. The van der Waals surface area contributed by atoms with Gasteiger partial charge in [0.1, 0.15) is 0 Å². The molecule has 1 aromatic heterocycles. The van der Waals surface area contributed by atoms with Crippen molar-refractivity contribution in [1.29, 1.82) is 5.26 Å². The van der Waals surface area contributed by atoms with Crippen LogP contribution in [0.3, 0.4) is 0 Å². The van der Waals surface area contributed by atoms with Crippen molar-refractivity contribution in [3.8, 4) is 11.8 Å². The Bertz CT molecular complexity index is 715. The van der Waals surface area contributed by atoms with E-state index in [0.717, 1.165) is 18.3 Å². The van der Waals surface area contributed by atoms with Crippen LogP contribution in [0.25, 0.3) is 5.69 Å². The first kappa shape index (κ1) is 13.5. The molecule has 102 valence electrons. The lowest BCUT2D eigenvalue weighted by atomic mass is 10.1. The van der Waals surface area contributed by atoms with Gasteiger partial charge >= 0.3 is 12.1 Å². The number of alkyl halides is 3. The Morgan fingerprint density at radius 2 is 2.10 bits per heavy atom. The minimum Gasteiger partial charge on any atom is -0.476 e. The topological polar surface area (TPSA) is 91.8 Å².